The summed E-state index contributed by atoms with van der Waals surface area (Å²) in [5.74, 6) is -0.0187. The minimum atomic E-state index is -0.0187. The number of hydrogen-bond acceptors (Lipinski definition) is 5. The van der Waals surface area contributed by atoms with Crippen LogP contribution >= 0.6 is 22.9 Å². The number of anilines is 2. The van der Waals surface area contributed by atoms with Crippen molar-refractivity contribution in [3.05, 3.63) is 75.6 Å². The molecule has 0 saturated carbocycles. The number of nitrogens with zero attached hydrogens (tertiary/aromatic N) is 3. The van der Waals surface area contributed by atoms with Crippen molar-refractivity contribution in [3.8, 4) is 11.3 Å². The maximum absolute atomic E-state index is 13.3. The number of fused-ring (bicyclic) bond motifs is 1. The molecule has 0 aliphatic carbocycles. The lowest BCUT2D eigenvalue weighted by Crippen LogP contribution is -2.49. The standard InChI is InChI=1S/C26H25ClN4OS/c1-16-3-6-18(7-4-16)21-10-9-20-23(28)24(33-25(20)29-21)26(32)31-13-11-30(12-14-31)22-15-19(27)8-5-17(22)2/h3-10,15H,11-14,28H2,1-2H3. The predicted octanol–water partition coefficient (Wildman–Crippen LogP) is 5.78. The molecule has 5 rings (SSSR count). The van der Waals surface area contributed by atoms with E-state index in [0.717, 1.165) is 45.3 Å². The zero-order valence-corrected chi connectivity index (χ0v) is 20.2. The molecule has 2 N–H and O–H groups in total. The number of piperazine rings is 1. The fourth-order valence-corrected chi connectivity index (χ4v) is 5.49. The molecule has 0 bridgehead atoms. The third kappa shape index (κ3) is 4.16. The average molecular weight is 477 g/mol. The summed E-state index contributed by atoms with van der Waals surface area (Å²) < 4.78 is 0. The number of carbonyl (C=O) groups excluding carboxylic acids is 1. The van der Waals surface area contributed by atoms with Crippen LogP contribution in [0.15, 0.2) is 54.6 Å². The molecule has 0 atom stereocenters. The molecule has 1 aliphatic rings. The number of aromatic nitrogens is 1. The second kappa shape index (κ2) is 8.69. The van der Waals surface area contributed by atoms with Gasteiger partial charge >= 0.3 is 0 Å². The molecule has 1 aliphatic heterocycles. The van der Waals surface area contributed by atoms with E-state index in [2.05, 4.69) is 43.0 Å². The van der Waals surface area contributed by atoms with Crippen molar-refractivity contribution in [1.82, 2.24) is 9.88 Å². The number of thiophene rings is 1. The van der Waals surface area contributed by atoms with Crippen LogP contribution in [0.3, 0.4) is 0 Å². The molecule has 3 heterocycles. The molecule has 7 heteroatoms. The number of pyridine rings is 1. The Hall–Kier alpha value is -3.09. The molecule has 0 unspecified atom stereocenters. The number of nitrogens with two attached hydrogens (primary N) is 1. The maximum atomic E-state index is 13.3. The van der Waals surface area contributed by atoms with Gasteiger partial charge in [-0.2, -0.15) is 0 Å². The van der Waals surface area contributed by atoms with Crippen LogP contribution in [-0.4, -0.2) is 42.0 Å². The van der Waals surface area contributed by atoms with E-state index in [1.165, 1.54) is 22.5 Å². The van der Waals surface area contributed by atoms with Gasteiger partial charge in [0.25, 0.3) is 5.91 Å². The van der Waals surface area contributed by atoms with Crippen LogP contribution in [0.5, 0.6) is 0 Å². The van der Waals surface area contributed by atoms with E-state index < -0.39 is 0 Å². The van der Waals surface area contributed by atoms with E-state index in [-0.39, 0.29) is 5.91 Å². The molecule has 0 radical (unpaired) electrons. The number of aryl methyl sites for hydroxylation is 2. The second-order valence-corrected chi connectivity index (χ2v) is 9.91. The van der Waals surface area contributed by atoms with Crippen molar-refractivity contribution in [2.24, 2.45) is 0 Å². The highest BCUT2D eigenvalue weighted by molar-refractivity contribution is 7.21. The Bertz CT molecular complexity index is 1340. The average Bonchev–Trinajstić information content (AvgIpc) is 3.16. The van der Waals surface area contributed by atoms with Crippen molar-refractivity contribution in [2.45, 2.75) is 13.8 Å². The molecule has 5 nitrogen and oxygen atoms in total. The summed E-state index contributed by atoms with van der Waals surface area (Å²) in [7, 11) is 0. The molecular weight excluding hydrogens is 452 g/mol. The Morgan fingerprint density at radius 2 is 1.73 bits per heavy atom. The summed E-state index contributed by atoms with van der Waals surface area (Å²) in [4.78, 5) is 23.7. The van der Waals surface area contributed by atoms with Crippen molar-refractivity contribution >= 4 is 50.4 Å². The van der Waals surface area contributed by atoms with Gasteiger partial charge in [-0.25, -0.2) is 4.98 Å². The fraction of sp³-hybridized carbons (Fsp3) is 0.231. The monoisotopic (exact) mass is 476 g/mol. The molecule has 2 aromatic heterocycles. The van der Waals surface area contributed by atoms with Crippen molar-refractivity contribution in [2.75, 3.05) is 36.8 Å². The zero-order chi connectivity index (χ0) is 23.1. The largest absolute Gasteiger partial charge is 0.397 e. The smallest absolute Gasteiger partial charge is 0.266 e. The Kier molecular flexibility index (Phi) is 5.72. The van der Waals surface area contributed by atoms with E-state index in [4.69, 9.17) is 22.3 Å². The Morgan fingerprint density at radius 3 is 2.45 bits per heavy atom. The van der Waals surface area contributed by atoms with Crippen LogP contribution in [-0.2, 0) is 0 Å². The fourth-order valence-electron chi connectivity index (χ4n) is 4.26. The van der Waals surface area contributed by atoms with E-state index in [1.807, 2.05) is 35.2 Å². The second-order valence-electron chi connectivity index (χ2n) is 8.47. The van der Waals surface area contributed by atoms with Gasteiger partial charge in [0.2, 0.25) is 0 Å². The zero-order valence-electron chi connectivity index (χ0n) is 18.6. The van der Waals surface area contributed by atoms with Crippen LogP contribution < -0.4 is 10.6 Å². The number of amides is 1. The van der Waals surface area contributed by atoms with Crippen LogP contribution in [0.2, 0.25) is 5.02 Å². The number of hydrogen-bond donors (Lipinski definition) is 1. The highest BCUT2D eigenvalue weighted by atomic mass is 35.5. The lowest BCUT2D eigenvalue weighted by atomic mass is 10.1. The van der Waals surface area contributed by atoms with Gasteiger partial charge in [-0.15, -0.1) is 11.3 Å². The summed E-state index contributed by atoms with van der Waals surface area (Å²) in [6.45, 7) is 6.94. The van der Waals surface area contributed by atoms with Crippen LogP contribution in [0, 0.1) is 13.8 Å². The van der Waals surface area contributed by atoms with Gasteiger partial charge in [-0.1, -0.05) is 47.5 Å². The van der Waals surface area contributed by atoms with Gasteiger partial charge in [0.1, 0.15) is 9.71 Å². The molecule has 33 heavy (non-hydrogen) atoms. The predicted molar refractivity (Wildman–Crippen MR) is 139 cm³/mol. The first-order chi connectivity index (χ1) is 15.9. The van der Waals surface area contributed by atoms with Gasteiger partial charge in [0.15, 0.2) is 0 Å². The highest BCUT2D eigenvalue weighted by Gasteiger charge is 2.27. The number of halogens is 1. The van der Waals surface area contributed by atoms with Crippen molar-refractivity contribution in [3.63, 3.8) is 0 Å². The first kappa shape index (κ1) is 21.7. The first-order valence-corrected chi connectivity index (χ1v) is 12.2. The van der Waals surface area contributed by atoms with E-state index >= 15 is 0 Å². The summed E-state index contributed by atoms with van der Waals surface area (Å²) in [6.07, 6.45) is 0. The molecule has 1 fully saturated rings. The number of benzene rings is 2. The summed E-state index contributed by atoms with van der Waals surface area (Å²) in [6, 6.07) is 18.1. The van der Waals surface area contributed by atoms with Crippen LogP contribution in [0.4, 0.5) is 11.4 Å². The third-order valence-corrected chi connectivity index (χ3v) is 7.55. The number of carbonyl (C=O) groups is 1. The molecule has 1 amide bonds. The molecule has 1 saturated heterocycles. The normalized spacial score (nSPS) is 14.2. The Labute approximate surface area is 202 Å². The minimum absolute atomic E-state index is 0.0187. The lowest BCUT2D eigenvalue weighted by molar-refractivity contribution is 0.0752. The van der Waals surface area contributed by atoms with E-state index in [1.54, 1.807) is 0 Å². The topological polar surface area (TPSA) is 62.5 Å². The Morgan fingerprint density at radius 1 is 1.00 bits per heavy atom. The summed E-state index contributed by atoms with van der Waals surface area (Å²) >= 11 is 7.58. The Balaban J connectivity index is 1.36. The summed E-state index contributed by atoms with van der Waals surface area (Å²) in [5, 5.41) is 1.57. The molecule has 168 valence electrons. The molecule has 4 aromatic rings. The van der Waals surface area contributed by atoms with Crippen molar-refractivity contribution in [1.29, 1.82) is 0 Å². The minimum Gasteiger partial charge on any atom is -0.397 e. The first-order valence-electron chi connectivity index (χ1n) is 11.0. The van der Waals surface area contributed by atoms with Gasteiger partial charge < -0.3 is 15.5 Å². The van der Waals surface area contributed by atoms with Gasteiger partial charge in [0, 0.05) is 47.8 Å². The van der Waals surface area contributed by atoms with Crippen LogP contribution in [0.25, 0.3) is 21.5 Å². The molecular formula is C26H25ClN4OS. The van der Waals surface area contributed by atoms with Gasteiger partial charge in [-0.05, 0) is 43.7 Å². The van der Waals surface area contributed by atoms with Gasteiger partial charge in [0.05, 0.1) is 11.4 Å². The van der Waals surface area contributed by atoms with E-state index in [9.17, 15) is 4.79 Å². The highest BCUT2D eigenvalue weighted by Crippen LogP contribution is 2.35. The maximum Gasteiger partial charge on any atom is 0.266 e. The van der Waals surface area contributed by atoms with Crippen LogP contribution in [0.1, 0.15) is 20.8 Å². The third-order valence-electron chi connectivity index (χ3n) is 6.21. The summed E-state index contributed by atoms with van der Waals surface area (Å²) in [5.41, 5.74) is 12.4. The number of nitrogen functional groups attached to an aromatic ring is 1. The SMILES string of the molecule is Cc1ccc(-c2ccc3c(N)c(C(=O)N4CCN(c5cc(Cl)ccc5C)CC4)sc3n2)cc1. The molecule has 2 aromatic carbocycles. The quantitative estimate of drug-likeness (QED) is 0.407. The lowest BCUT2D eigenvalue weighted by Gasteiger charge is -2.36. The van der Waals surface area contributed by atoms with Gasteiger partial charge in [-0.3, -0.25) is 4.79 Å². The molecule has 0 spiro atoms. The van der Waals surface area contributed by atoms with E-state index in [0.29, 0.717) is 23.7 Å². The van der Waals surface area contributed by atoms with Crippen molar-refractivity contribution < 1.29 is 4.79 Å². The number of rotatable bonds is 3.